The average molecular weight is 589 g/mol. The van der Waals surface area contributed by atoms with Crippen molar-refractivity contribution in [1.82, 2.24) is 0 Å². The van der Waals surface area contributed by atoms with Crippen LogP contribution in [0.4, 0.5) is 0 Å². The van der Waals surface area contributed by atoms with E-state index in [9.17, 15) is 14.7 Å². The second kappa shape index (κ2) is 27.0. The molecule has 0 spiro atoms. The first-order valence-electron chi connectivity index (χ1n) is 16.8. The van der Waals surface area contributed by atoms with Gasteiger partial charge in [-0.05, 0) is 21.4 Å². The largest absolute Gasteiger partial charge is 0.382 e. The zero-order valence-corrected chi connectivity index (χ0v) is 28.8. The van der Waals surface area contributed by atoms with Crippen molar-refractivity contribution in [3.05, 3.63) is 0 Å². The first kappa shape index (κ1) is 39.1. The number of carbonyl (C=O) groups excluding carboxylic acids is 2. The first-order valence-corrected chi connectivity index (χ1v) is 19.0. The van der Waals surface area contributed by atoms with Crippen molar-refractivity contribution in [2.75, 3.05) is 21.1 Å². The molecule has 0 aromatic rings. The normalized spacial score (nSPS) is 14.1. The third-order valence-corrected chi connectivity index (χ3v) is 11.2. The van der Waals surface area contributed by atoms with Crippen LogP contribution in [-0.4, -0.2) is 53.4 Å². The SMILES string of the molecule is CCCCCCCCCCCCCC(=O)PC(O)C(PC(=O)CCCCCCCCCCCCC)[N+](C)(C)C. The topological polar surface area (TPSA) is 54.4 Å². The molecule has 4 atom stereocenters. The lowest BCUT2D eigenvalue weighted by molar-refractivity contribution is -0.883. The maximum Gasteiger partial charge on any atom is 0.157 e. The molecule has 232 valence electrons. The van der Waals surface area contributed by atoms with Crippen LogP contribution in [0.1, 0.15) is 168 Å². The summed E-state index contributed by atoms with van der Waals surface area (Å²) in [5.74, 6) is -0.880. The summed E-state index contributed by atoms with van der Waals surface area (Å²) in [5, 5.41) is 10.9. The van der Waals surface area contributed by atoms with E-state index in [1.54, 1.807) is 0 Å². The Labute approximate surface area is 247 Å². The van der Waals surface area contributed by atoms with Crippen LogP contribution in [0.2, 0.25) is 0 Å². The molecule has 0 rings (SSSR count). The second-order valence-corrected chi connectivity index (χ2v) is 15.6. The minimum absolute atomic E-state index is 0.0793. The maximum atomic E-state index is 12.7. The van der Waals surface area contributed by atoms with Crippen molar-refractivity contribution < 1.29 is 19.2 Å². The summed E-state index contributed by atoms with van der Waals surface area (Å²) in [6.45, 7) is 4.52. The molecule has 0 saturated heterocycles. The van der Waals surface area contributed by atoms with E-state index in [4.69, 9.17) is 0 Å². The Kier molecular flexibility index (Phi) is 27.1. The molecule has 1 N–H and O–H groups in total. The fourth-order valence-electron chi connectivity index (χ4n) is 5.15. The van der Waals surface area contributed by atoms with Crippen LogP contribution in [0.5, 0.6) is 0 Å². The molecule has 0 fully saturated rings. The highest BCUT2D eigenvalue weighted by molar-refractivity contribution is 7.62. The predicted octanol–water partition coefficient (Wildman–Crippen LogP) is 10.1. The van der Waals surface area contributed by atoms with Gasteiger partial charge in [0.25, 0.3) is 0 Å². The highest BCUT2D eigenvalue weighted by Crippen LogP contribution is 2.38. The molecule has 0 saturated carbocycles. The van der Waals surface area contributed by atoms with Gasteiger partial charge in [-0.1, -0.05) is 142 Å². The molecule has 0 aliphatic heterocycles. The lowest BCUT2D eigenvalue weighted by Crippen LogP contribution is -2.48. The van der Waals surface area contributed by atoms with Crippen LogP contribution in [0.15, 0.2) is 0 Å². The van der Waals surface area contributed by atoms with Crippen LogP contribution < -0.4 is 0 Å². The summed E-state index contributed by atoms with van der Waals surface area (Å²) in [6.07, 6.45) is 29.3. The molecular formula is C33H68NO3P2+. The molecule has 6 heteroatoms. The van der Waals surface area contributed by atoms with E-state index >= 15 is 0 Å². The van der Waals surface area contributed by atoms with Crippen molar-refractivity contribution in [1.29, 1.82) is 0 Å². The van der Waals surface area contributed by atoms with Crippen LogP contribution in [0.3, 0.4) is 0 Å². The standard InChI is InChI=1S/C33H68NO3P2/c1-6-8-10-12-14-16-18-20-22-24-26-28-30(35)38-32(34(3,4)5)33(37)39-31(36)29-27-25-23-21-19-17-15-13-11-9-7-2/h32-33,37-39H,6-29H2,1-5H3/q+1. The van der Waals surface area contributed by atoms with Gasteiger partial charge in [0.05, 0.1) is 21.1 Å². The number of aliphatic hydroxyl groups excluding tert-OH is 1. The molecule has 0 heterocycles. The second-order valence-electron chi connectivity index (χ2n) is 12.7. The molecule has 0 aromatic carbocycles. The lowest BCUT2D eigenvalue weighted by Gasteiger charge is -2.36. The molecule has 0 aliphatic rings. The van der Waals surface area contributed by atoms with E-state index in [0.717, 1.165) is 25.7 Å². The number of hydrogen-bond donors (Lipinski definition) is 1. The molecule has 0 aromatic heterocycles. The van der Waals surface area contributed by atoms with Crippen LogP contribution >= 0.6 is 17.2 Å². The fourth-order valence-corrected chi connectivity index (χ4v) is 8.10. The molecule has 0 radical (unpaired) electrons. The van der Waals surface area contributed by atoms with Crippen molar-refractivity contribution >= 4 is 28.2 Å². The molecule has 4 unspecified atom stereocenters. The van der Waals surface area contributed by atoms with Crippen LogP contribution in [-0.2, 0) is 9.59 Å². The quantitative estimate of drug-likeness (QED) is 0.0516. The fraction of sp³-hybridized carbons (Fsp3) is 0.939. The van der Waals surface area contributed by atoms with Gasteiger partial charge in [-0.3, -0.25) is 9.59 Å². The van der Waals surface area contributed by atoms with Gasteiger partial charge in [0.1, 0.15) is 11.6 Å². The Bertz CT molecular complexity index is 580. The average Bonchev–Trinajstić information content (AvgIpc) is 2.88. The van der Waals surface area contributed by atoms with Gasteiger partial charge < -0.3 is 9.59 Å². The Balaban J connectivity index is 4.01. The summed E-state index contributed by atoms with van der Waals surface area (Å²) >= 11 is 0. The van der Waals surface area contributed by atoms with Gasteiger partial charge >= 0.3 is 0 Å². The zero-order chi connectivity index (χ0) is 29.2. The molecule has 4 nitrogen and oxygen atoms in total. The summed E-state index contributed by atoms with van der Waals surface area (Å²) < 4.78 is 0.530. The molecular weight excluding hydrogens is 520 g/mol. The maximum absolute atomic E-state index is 12.7. The predicted molar refractivity (Wildman–Crippen MR) is 177 cm³/mol. The van der Waals surface area contributed by atoms with Gasteiger partial charge in [0.2, 0.25) is 0 Å². The number of aliphatic hydroxyl groups is 1. The van der Waals surface area contributed by atoms with Gasteiger partial charge in [-0.25, -0.2) is 0 Å². The highest BCUT2D eigenvalue weighted by atomic mass is 31.1. The smallest absolute Gasteiger partial charge is 0.157 e. The third-order valence-electron chi connectivity index (χ3n) is 7.77. The third kappa shape index (κ3) is 25.5. The van der Waals surface area contributed by atoms with Gasteiger partial charge in [-0.2, -0.15) is 0 Å². The number of unbranched alkanes of at least 4 members (excludes halogenated alkanes) is 20. The molecule has 0 bridgehead atoms. The number of hydrogen-bond acceptors (Lipinski definition) is 3. The van der Waals surface area contributed by atoms with Gasteiger partial charge in [-0.15, -0.1) is 0 Å². The van der Waals surface area contributed by atoms with Crippen molar-refractivity contribution in [3.8, 4) is 0 Å². The van der Waals surface area contributed by atoms with Crippen LogP contribution in [0, 0.1) is 0 Å². The van der Waals surface area contributed by atoms with E-state index < -0.39 is 5.85 Å². The van der Waals surface area contributed by atoms with E-state index in [0.29, 0.717) is 17.3 Å². The van der Waals surface area contributed by atoms with E-state index in [1.165, 1.54) is 116 Å². The minimum atomic E-state index is -0.704. The Morgan fingerprint density at radius 1 is 0.513 bits per heavy atom. The first-order chi connectivity index (χ1) is 18.7. The molecule has 0 amide bonds. The zero-order valence-electron chi connectivity index (χ0n) is 26.8. The summed E-state index contributed by atoms with van der Waals surface area (Å²) in [6, 6.07) is 0. The van der Waals surface area contributed by atoms with Gasteiger partial charge in [0.15, 0.2) is 11.0 Å². The van der Waals surface area contributed by atoms with Gasteiger partial charge in [0, 0.05) is 21.4 Å². The molecule has 39 heavy (non-hydrogen) atoms. The number of rotatable bonds is 30. The van der Waals surface area contributed by atoms with Crippen LogP contribution in [0.25, 0.3) is 0 Å². The number of nitrogens with zero attached hydrogens (tertiary/aromatic N) is 1. The number of quaternary nitrogens is 1. The van der Waals surface area contributed by atoms with Crippen molar-refractivity contribution in [2.45, 2.75) is 180 Å². The molecule has 0 aliphatic carbocycles. The Morgan fingerprint density at radius 2 is 0.795 bits per heavy atom. The highest BCUT2D eigenvalue weighted by Gasteiger charge is 2.34. The number of likely N-dealkylation sites (N-methyl/N-ethyl adjacent to an activating group) is 1. The van der Waals surface area contributed by atoms with Crippen molar-refractivity contribution in [3.63, 3.8) is 0 Å². The Hall–Kier alpha value is 0.120. The monoisotopic (exact) mass is 588 g/mol. The lowest BCUT2D eigenvalue weighted by atomic mass is 10.1. The van der Waals surface area contributed by atoms with E-state index in [1.807, 2.05) is 21.1 Å². The summed E-state index contributed by atoms with van der Waals surface area (Å²) in [4.78, 5) is 25.3. The van der Waals surface area contributed by atoms with E-state index in [2.05, 4.69) is 13.8 Å². The number of carbonyl (C=O) groups is 2. The van der Waals surface area contributed by atoms with Crippen molar-refractivity contribution in [2.24, 2.45) is 0 Å². The van der Waals surface area contributed by atoms with E-state index in [-0.39, 0.29) is 34.0 Å². The summed E-state index contributed by atoms with van der Waals surface area (Å²) in [5.41, 5.74) is 0.449. The summed E-state index contributed by atoms with van der Waals surface area (Å²) in [7, 11) is 6.09. The Morgan fingerprint density at radius 3 is 1.10 bits per heavy atom. The minimum Gasteiger partial charge on any atom is -0.382 e.